The van der Waals surface area contributed by atoms with Crippen LogP contribution in [0.25, 0.3) is 0 Å². The number of aryl methyl sites for hydroxylation is 2. The molecule has 0 unspecified atom stereocenters. The fourth-order valence-corrected chi connectivity index (χ4v) is 2.88. The standard InChI is InChI=1S/C15H17FN2OS/c1-10-14(20-11(2)18-10)9-15(19)17-8-7-12-3-5-13(16)6-4-12/h3-6H,7-9H2,1-2H3,(H,17,19). The summed E-state index contributed by atoms with van der Waals surface area (Å²) in [6.45, 7) is 4.42. The number of amides is 1. The van der Waals surface area contributed by atoms with Crippen LogP contribution in [-0.4, -0.2) is 17.4 Å². The zero-order valence-electron chi connectivity index (χ0n) is 11.6. The van der Waals surface area contributed by atoms with E-state index in [1.165, 1.54) is 12.1 Å². The molecule has 1 aromatic heterocycles. The van der Waals surface area contributed by atoms with Gasteiger partial charge in [-0.1, -0.05) is 12.1 Å². The number of carbonyl (C=O) groups is 1. The molecule has 1 N–H and O–H groups in total. The first kappa shape index (κ1) is 14.7. The number of benzene rings is 1. The maximum absolute atomic E-state index is 12.7. The molecule has 2 rings (SSSR count). The lowest BCUT2D eigenvalue weighted by molar-refractivity contribution is -0.120. The van der Waals surface area contributed by atoms with Crippen molar-refractivity contribution in [1.29, 1.82) is 0 Å². The minimum absolute atomic E-state index is 0.00105. The monoisotopic (exact) mass is 292 g/mol. The average molecular weight is 292 g/mol. The third kappa shape index (κ3) is 4.13. The molecule has 106 valence electrons. The van der Waals surface area contributed by atoms with Gasteiger partial charge in [-0.3, -0.25) is 4.79 Å². The van der Waals surface area contributed by atoms with Gasteiger partial charge in [-0.2, -0.15) is 0 Å². The van der Waals surface area contributed by atoms with Crippen molar-refractivity contribution in [3.8, 4) is 0 Å². The summed E-state index contributed by atoms with van der Waals surface area (Å²) in [5.74, 6) is -0.243. The van der Waals surface area contributed by atoms with Crippen LogP contribution < -0.4 is 5.32 Å². The van der Waals surface area contributed by atoms with Gasteiger partial charge in [-0.05, 0) is 38.0 Å². The van der Waals surface area contributed by atoms with E-state index in [9.17, 15) is 9.18 Å². The Morgan fingerprint density at radius 3 is 2.60 bits per heavy atom. The summed E-state index contributed by atoms with van der Waals surface area (Å²) in [5, 5.41) is 3.86. The number of thiazole rings is 1. The molecule has 1 aromatic carbocycles. The van der Waals surface area contributed by atoms with E-state index in [2.05, 4.69) is 10.3 Å². The van der Waals surface area contributed by atoms with Gasteiger partial charge in [0, 0.05) is 11.4 Å². The first-order valence-electron chi connectivity index (χ1n) is 6.48. The van der Waals surface area contributed by atoms with Crippen LogP contribution in [0.2, 0.25) is 0 Å². The van der Waals surface area contributed by atoms with Gasteiger partial charge in [0.25, 0.3) is 0 Å². The van der Waals surface area contributed by atoms with E-state index in [4.69, 9.17) is 0 Å². The topological polar surface area (TPSA) is 42.0 Å². The van der Waals surface area contributed by atoms with Crippen LogP contribution in [0.1, 0.15) is 21.1 Å². The molecule has 1 amide bonds. The molecule has 0 bridgehead atoms. The molecule has 3 nitrogen and oxygen atoms in total. The van der Waals surface area contributed by atoms with Crippen LogP contribution in [-0.2, 0) is 17.6 Å². The highest BCUT2D eigenvalue weighted by molar-refractivity contribution is 7.11. The maximum atomic E-state index is 12.7. The Morgan fingerprint density at radius 1 is 1.30 bits per heavy atom. The molecule has 0 spiro atoms. The van der Waals surface area contributed by atoms with Gasteiger partial charge in [0.15, 0.2) is 0 Å². The second-order valence-electron chi connectivity index (χ2n) is 4.64. The minimum Gasteiger partial charge on any atom is -0.355 e. The van der Waals surface area contributed by atoms with Crippen molar-refractivity contribution < 1.29 is 9.18 Å². The molecule has 2 aromatic rings. The fourth-order valence-electron chi connectivity index (χ4n) is 1.94. The number of nitrogens with one attached hydrogen (secondary N) is 1. The van der Waals surface area contributed by atoms with Crippen molar-refractivity contribution in [3.63, 3.8) is 0 Å². The first-order chi connectivity index (χ1) is 9.54. The van der Waals surface area contributed by atoms with Gasteiger partial charge in [0.2, 0.25) is 5.91 Å². The molecular formula is C15H17FN2OS. The van der Waals surface area contributed by atoms with Crippen molar-refractivity contribution in [2.75, 3.05) is 6.54 Å². The predicted molar refractivity (Wildman–Crippen MR) is 78.4 cm³/mol. The number of carbonyl (C=O) groups excluding carboxylic acids is 1. The molecule has 0 saturated carbocycles. The van der Waals surface area contributed by atoms with Gasteiger partial charge in [0.1, 0.15) is 5.82 Å². The first-order valence-corrected chi connectivity index (χ1v) is 7.30. The van der Waals surface area contributed by atoms with Crippen LogP contribution in [0.15, 0.2) is 24.3 Å². The van der Waals surface area contributed by atoms with Gasteiger partial charge < -0.3 is 5.32 Å². The highest BCUT2D eigenvalue weighted by Gasteiger charge is 2.09. The predicted octanol–water partition coefficient (Wildman–Crippen LogP) is 2.80. The number of halogens is 1. The van der Waals surface area contributed by atoms with Gasteiger partial charge >= 0.3 is 0 Å². The molecule has 0 atom stereocenters. The molecular weight excluding hydrogens is 275 g/mol. The lowest BCUT2D eigenvalue weighted by Crippen LogP contribution is -2.27. The summed E-state index contributed by atoms with van der Waals surface area (Å²) in [5.41, 5.74) is 1.94. The van der Waals surface area contributed by atoms with Crippen LogP contribution in [0.3, 0.4) is 0 Å². The van der Waals surface area contributed by atoms with Crippen molar-refractivity contribution in [2.24, 2.45) is 0 Å². The molecule has 20 heavy (non-hydrogen) atoms. The summed E-state index contributed by atoms with van der Waals surface area (Å²) in [6.07, 6.45) is 1.08. The van der Waals surface area contributed by atoms with Crippen molar-refractivity contribution >= 4 is 17.2 Å². The number of rotatable bonds is 5. The van der Waals surface area contributed by atoms with Crippen LogP contribution in [0, 0.1) is 19.7 Å². The molecule has 0 saturated heterocycles. The van der Waals surface area contributed by atoms with E-state index in [0.29, 0.717) is 19.4 Å². The number of aromatic nitrogens is 1. The summed E-state index contributed by atoms with van der Waals surface area (Å²) < 4.78 is 12.7. The number of hydrogen-bond acceptors (Lipinski definition) is 3. The van der Waals surface area contributed by atoms with E-state index >= 15 is 0 Å². The smallest absolute Gasteiger partial charge is 0.225 e. The third-order valence-corrected chi connectivity index (χ3v) is 4.04. The van der Waals surface area contributed by atoms with Gasteiger partial charge in [-0.25, -0.2) is 9.37 Å². The van der Waals surface area contributed by atoms with E-state index in [1.807, 2.05) is 13.8 Å². The Kier molecular flexibility index (Phi) is 4.84. The lowest BCUT2D eigenvalue weighted by Gasteiger charge is -2.05. The Hall–Kier alpha value is -1.75. The second kappa shape index (κ2) is 6.61. The quantitative estimate of drug-likeness (QED) is 0.920. The van der Waals surface area contributed by atoms with Crippen molar-refractivity contribution in [3.05, 3.63) is 51.2 Å². The Morgan fingerprint density at radius 2 is 2.00 bits per heavy atom. The Bertz CT molecular complexity index is 592. The average Bonchev–Trinajstić information content (AvgIpc) is 2.70. The maximum Gasteiger partial charge on any atom is 0.225 e. The zero-order valence-corrected chi connectivity index (χ0v) is 12.4. The van der Waals surface area contributed by atoms with E-state index in [1.54, 1.807) is 23.5 Å². The molecule has 0 aliphatic carbocycles. The fraction of sp³-hybridized carbons (Fsp3) is 0.333. The SMILES string of the molecule is Cc1nc(C)c(CC(=O)NCCc2ccc(F)cc2)s1. The number of hydrogen-bond donors (Lipinski definition) is 1. The molecule has 0 aliphatic rings. The van der Waals surface area contributed by atoms with Crippen LogP contribution >= 0.6 is 11.3 Å². The molecule has 0 radical (unpaired) electrons. The van der Waals surface area contributed by atoms with E-state index in [-0.39, 0.29) is 11.7 Å². The zero-order chi connectivity index (χ0) is 14.5. The van der Waals surface area contributed by atoms with Crippen molar-refractivity contribution in [2.45, 2.75) is 26.7 Å². The van der Waals surface area contributed by atoms with E-state index < -0.39 is 0 Å². The van der Waals surface area contributed by atoms with Crippen LogP contribution in [0.4, 0.5) is 4.39 Å². The molecule has 1 heterocycles. The highest BCUT2D eigenvalue weighted by Crippen LogP contribution is 2.17. The second-order valence-corrected chi connectivity index (χ2v) is 5.93. The largest absolute Gasteiger partial charge is 0.355 e. The van der Waals surface area contributed by atoms with E-state index in [0.717, 1.165) is 21.1 Å². The van der Waals surface area contributed by atoms with Gasteiger partial charge in [0.05, 0.1) is 17.1 Å². The van der Waals surface area contributed by atoms with Crippen LogP contribution in [0.5, 0.6) is 0 Å². The summed E-state index contributed by atoms with van der Waals surface area (Å²) in [7, 11) is 0. The molecule has 0 aliphatic heterocycles. The molecule has 0 fully saturated rings. The van der Waals surface area contributed by atoms with Crippen molar-refractivity contribution in [1.82, 2.24) is 10.3 Å². The minimum atomic E-state index is -0.242. The summed E-state index contributed by atoms with van der Waals surface area (Å²) in [4.78, 5) is 17.1. The Labute approximate surface area is 121 Å². The number of nitrogens with zero attached hydrogens (tertiary/aromatic N) is 1. The normalized spacial score (nSPS) is 10.6. The van der Waals surface area contributed by atoms with Gasteiger partial charge in [-0.15, -0.1) is 11.3 Å². The summed E-state index contributed by atoms with van der Waals surface area (Å²) in [6, 6.07) is 6.33. The Balaban J connectivity index is 1.78. The third-order valence-electron chi connectivity index (χ3n) is 2.97. The lowest BCUT2D eigenvalue weighted by atomic mass is 10.1. The molecule has 5 heteroatoms. The summed E-state index contributed by atoms with van der Waals surface area (Å²) >= 11 is 1.56. The highest BCUT2D eigenvalue weighted by atomic mass is 32.1.